The largest absolute Gasteiger partial charge is 0.311 e. The van der Waals surface area contributed by atoms with Crippen molar-refractivity contribution in [1.82, 2.24) is 0 Å². The molecule has 254 valence electrons. The van der Waals surface area contributed by atoms with Crippen LogP contribution in [0.15, 0.2) is 152 Å². The summed E-state index contributed by atoms with van der Waals surface area (Å²) in [6, 6.07) is 55.2. The van der Waals surface area contributed by atoms with Gasteiger partial charge in [-0.25, -0.2) is 4.85 Å². The van der Waals surface area contributed by atoms with Gasteiger partial charge in [0.2, 0.25) is 0 Å². The van der Waals surface area contributed by atoms with E-state index < -0.39 is 16.1 Å². The van der Waals surface area contributed by atoms with Gasteiger partial charge in [-0.1, -0.05) is 141 Å². The molecule has 0 aliphatic heterocycles. The molecule has 0 N–H and O–H groups in total. The van der Waals surface area contributed by atoms with Crippen LogP contribution < -0.4 is 20.2 Å². The third-order valence-corrected chi connectivity index (χ3v) is 14.4. The maximum atomic E-state index is 7.79. The molecule has 5 heteroatoms. The molecular formula is C47H43N3Si2. The Kier molecular flexibility index (Phi) is 8.25. The quantitative estimate of drug-likeness (QED) is 0.0885. The summed E-state index contributed by atoms with van der Waals surface area (Å²) < 4.78 is 0. The Labute approximate surface area is 309 Å². The smallest absolute Gasteiger partial charge is 0.189 e. The Morgan fingerprint density at radius 2 is 0.846 bits per heavy atom. The van der Waals surface area contributed by atoms with Gasteiger partial charge in [-0.3, -0.25) is 0 Å². The van der Waals surface area contributed by atoms with Crippen LogP contribution in [0.3, 0.4) is 0 Å². The van der Waals surface area contributed by atoms with Crippen LogP contribution in [0.25, 0.3) is 37.2 Å². The second-order valence-corrected chi connectivity index (χ2v) is 26.0. The number of hydrogen-bond donors (Lipinski definition) is 0. The van der Waals surface area contributed by atoms with E-state index in [1.165, 1.54) is 42.7 Å². The van der Waals surface area contributed by atoms with Gasteiger partial charge in [-0.15, -0.1) is 0 Å². The zero-order valence-corrected chi connectivity index (χ0v) is 32.8. The molecule has 0 fully saturated rings. The van der Waals surface area contributed by atoms with Crippen molar-refractivity contribution in [2.24, 2.45) is 0 Å². The van der Waals surface area contributed by atoms with Crippen molar-refractivity contribution < 1.29 is 0 Å². The number of benzene rings is 8. The molecular weight excluding hydrogens is 663 g/mol. The van der Waals surface area contributed by atoms with Crippen molar-refractivity contribution in [3.05, 3.63) is 163 Å². The fraction of sp³-hybridized carbons (Fsp3) is 0.128. The number of para-hydroxylation sites is 1. The minimum atomic E-state index is -1.49. The van der Waals surface area contributed by atoms with E-state index in [1.807, 2.05) is 18.2 Å². The lowest BCUT2D eigenvalue weighted by Gasteiger charge is -2.30. The van der Waals surface area contributed by atoms with Crippen LogP contribution in [0.5, 0.6) is 0 Å². The summed E-state index contributed by atoms with van der Waals surface area (Å²) in [5.74, 6) is 0. The molecule has 0 radical (unpaired) electrons. The molecule has 8 aromatic rings. The van der Waals surface area contributed by atoms with Crippen molar-refractivity contribution in [1.29, 1.82) is 0 Å². The second kappa shape index (κ2) is 12.8. The molecule has 0 heterocycles. The molecule has 0 amide bonds. The highest BCUT2D eigenvalue weighted by Gasteiger charge is 2.23. The first-order chi connectivity index (χ1) is 25.0. The van der Waals surface area contributed by atoms with Crippen LogP contribution in [0.2, 0.25) is 39.3 Å². The van der Waals surface area contributed by atoms with E-state index >= 15 is 0 Å². The molecule has 0 aliphatic rings. The summed E-state index contributed by atoms with van der Waals surface area (Å²) in [6.07, 6.45) is 0. The topological polar surface area (TPSA) is 10.8 Å². The highest BCUT2D eigenvalue weighted by molar-refractivity contribution is 6.89. The van der Waals surface area contributed by atoms with E-state index in [2.05, 4.69) is 187 Å². The van der Waals surface area contributed by atoms with Crippen LogP contribution in [-0.4, -0.2) is 16.1 Å². The molecule has 0 bridgehead atoms. The standard InChI is InChI=1S/C47H43N3Si2/c1-48-35-12-11-15-39(32-35)50(38-22-26-41(27-23-38)52(5,6)7)45-31-19-34-16-28-42-44(30-18-33-17-29-43(45)47(34)46(33)42)49(36-13-9-8-10-14-36)37-20-24-40(25-21-37)51(2,3)4/h8-32H,2-7H3. The Balaban J connectivity index is 1.37. The molecule has 0 aliphatic carbocycles. The molecule has 0 spiro atoms. The van der Waals surface area contributed by atoms with Gasteiger partial charge in [-0.2, -0.15) is 0 Å². The van der Waals surface area contributed by atoms with Crippen molar-refractivity contribution in [2.45, 2.75) is 39.3 Å². The summed E-state index contributed by atoms with van der Waals surface area (Å²) in [5, 5.41) is 10.2. The average Bonchev–Trinajstić information content (AvgIpc) is 3.15. The van der Waals surface area contributed by atoms with Crippen molar-refractivity contribution in [3.8, 4) is 0 Å². The molecule has 8 rings (SSSR count). The van der Waals surface area contributed by atoms with E-state index in [9.17, 15) is 0 Å². The van der Waals surface area contributed by atoms with Crippen LogP contribution in [0.1, 0.15) is 0 Å². The van der Waals surface area contributed by atoms with Gasteiger partial charge in [-0.05, 0) is 82.2 Å². The lowest BCUT2D eigenvalue weighted by Crippen LogP contribution is -2.37. The molecule has 8 aromatic carbocycles. The predicted octanol–water partition coefficient (Wildman–Crippen LogP) is 13.2. The van der Waals surface area contributed by atoms with E-state index in [0.29, 0.717) is 5.69 Å². The Morgan fingerprint density at radius 3 is 1.31 bits per heavy atom. The lowest BCUT2D eigenvalue weighted by molar-refractivity contribution is 1.30. The summed E-state index contributed by atoms with van der Waals surface area (Å²) in [4.78, 5) is 8.53. The SMILES string of the molecule is [C-]#[N+]c1cccc(N(c2ccc([Si](C)(C)C)cc2)c2ccc3ccc4c(N(c5ccccc5)c5ccc([Si](C)(C)C)cc5)ccc5ccc2c3c54)c1. The molecule has 0 atom stereocenters. The van der Waals surface area contributed by atoms with E-state index in [4.69, 9.17) is 6.57 Å². The maximum Gasteiger partial charge on any atom is 0.189 e. The van der Waals surface area contributed by atoms with Gasteiger partial charge in [0.05, 0.1) is 34.1 Å². The fourth-order valence-electron chi connectivity index (χ4n) is 7.51. The normalized spacial score (nSPS) is 12.0. The van der Waals surface area contributed by atoms with Crippen molar-refractivity contribution in [3.63, 3.8) is 0 Å². The van der Waals surface area contributed by atoms with Gasteiger partial charge in [0, 0.05) is 33.5 Å². The van der Waals surface area contributed by atoms with Gasteiger partial charge in [0.15, 0.2) is 5.69 Å². The molecule has 0 aromatic heterocycles. The Bertz CT molecular complexity index is 2590. The summed E-state index contributed by atoms with van der Waals surface area (Å²) in [5.41, 5.74) is 7.21. The van der Waals surface area contributed by atoms with Gasteiger partial charge < -0.3 is 9.80 Å². The van der Waals surface area contributed by atoms with Gasteiger partial charge in [0.25, 0.3) is 0 Å². The van der Waals surface area contributed by atoms with E-state index in [1.54, 1.807) is 0 Å². The average molecular weight is 706 g/mol. The first-order valence-electron chi connectivity index (χ1n) is 18.1. The minimum absolute atomic E-state index is 0.627. The zero-order valence-electron chi connectivity index (χ0n) is 30.8. The first-order valence-corrected chi connectivity index (χ1v) is 25.1. The van der Waals surface area contributed by atoms with Crippen molar-refractivity contribution in [2.75, 3.05) is 9.80 Å². The Hall–Kier alpha value is -5.68. The minimum Gasteiger partial charge on any atom is -0.311 e. The molecule has 0 saturated carbocycles. The highest BCUT2D eigenvalue weighted by Crippen LogP contribution is 2.47. The highest BCUT2D eigenvalue weighted by atomic mass is 28.3. The number of nitrogens with zero attached hydrogens (tertiary/aromatic N) is 3. The van der Waals surface area contributed by atoms with Gasteiger partial charge >= 0.3 is 0 Å². The number of anilines is 6. The van der Waals surface area contributed by atoms with Crippen LogP contribution in [-0.2, 0) is 0 Å². The monoisotopic (exact) mass is 705 g/mol. The summed E-state index contributed by atoms with van der Waals surface area (Å²) in [6.45, 7) is 22.1. The zero-order chi connectivity index (χ0) is 36.2. The maximum absolute atomic E-state index is 7.79. The van der Waals surface area contributed by atoms with Crippen LogP contribution in [0.4, 0.5) is 39.8 Å². The Morgan fingerprint density at radius 1 is 0.423 bits per heavy atom. The summed E-state index contributed by atoms with van der Waals surface area (Å²) >= 11 is 0. The number of rotatable bonds is 8. The molecule has 0 unspecified atom stereocenters. The third kappa shape index (κ3) is 5.94. The lowest BCUT2D eigenvalue weighted by atomic mass is 9.91. The predicted molar refractivity (Wildman–Crippen MR) is 232 cm³/mol. The molecule has 52 heavy (non-hydrogen) atoms. The second-order valence-electron chi connectivity index (χ2n) is 15.8. The molecule has 3 nitrogen and oxygen atoms in total. The number of hydrogen-bond acceptors (Lipinski definition) is 2. The van der Waals surface area contributed by atoms with E-state index in [0.717, 1.165) is 34.1 Å². The fourth-order valence-corrected chi connectivity index (χ4v) is 9.85. The first kappa shape index (κ1) is 33.5. The third-order valence-electron chi connectivity index (χ3n) is 10.3. The van der Waals surface area contributed by atoms with Crippen LogP contribution in [0, 0.1) is 6.57 Å². The molecule has 0 saturated heterocycles. The van der Waals surface area contributed by atoms with Crippen molar-refractivity contribution >= 4 is 98.7 Å². The summed E-state index contributed by atoms with van der Waals surface area (Å²) in [7, 11) is -2.94. The van der Waals surface area contributed by atoms with E-state index in [-0.39, 0.29) is 0 Å². The van der Waals surface area contributed by atoms with Crippen LogP contribution >= 0.6 is 0 Å². The van der Waals surface area contributed by atoms with Gasteiger partial charge in [0.1, 0.15) is 0 Å².